The average Bonchev–Trinajstić information content (AvgIpc) is 3.32. The third-order valence-electron chi connectivity index (χ3n) is 4.91. The van der Waals surface area contributed by atoms with Gasteiger partial charge in [-0.3, -0.25) is 9.78 Å². The van der Waals surface area contributed by atoms with Gasteiger partial charge in [-0.05, 0) is 31.2 Å². The normalized spacial score (nSPS) is 15.7. The number of rotatable bonds is 5. The first-order valence-electron chi connectivity index (χ1n) is 9.34. The summed E-state index contributed by atoms with van der Waals surface area (Å²) < 4.78 is 15.7. The molecule has 1 amide bonds. The quantitative estimate of drug-likeness (QED) is 0.601. The molecule has 0 N–H and O–H groups in total. The molecule has 0 radical (unpaired) electrons. The van der Waals surface area contributed by atoms with E-state index in [4.69, 9.17) is 4.84 Å². The molecule has 0 fully saturated rings. The van der Waals surface area contributed by atoms with Crippen LogP contribution in [0.25, 0.3) is 0 Å². The molecule has 0 aromatic carbocycles. The fraction of sp³-hybridized carbons (Fsp3) is 0.250. The minimum absolute atomic E-state index is 0.219. The summed E-state index contributed by atoms with van der Waals surface area (Å²) in [6, 6.07) is 6.81. The highest BCUT2D eigenvalue weighted by molar-refractivity contribution is 6.06. The minimum atomic E-state index is -0.771. The Morgan fingerprint density at radius 2 is 2.00 bits per heavy atom. The van der Waals surface area contributed by atoms with E-state index in [0.717, 1.165) is 0 Å². The number of nitrogens with zero attached hydrogens (tertiary/aromatic N) is 7. The fourth-order valence-corrected chi connectivity index (χ4v) is 3.30. The van der Waals surface area contributed by atoms with E-state index in [2.05, 4.69) is 20.1 Å². The van der Waals surface area contributed by atoms with Crippen molar-refractivity contribution < 1.29 is 14.0 Å². The van der Waals surface area contributed by atoms with Crippen LogP contribution in [-0.4, -0.2) is 49.8 Å². The largest absolute Gasteiger partial charge is 0.363 e. The molecule has 0 aliphatic carbocycles. The van der Waals surface area contributed by atoms with Gasteiger partial charge in [0.1, 0.15) is 5.69 Å². The van der Waals surface area contributed by atoms with E-state index in [1.54, 1.807) is 59.1 Å². The van der Waals surface area contributed by atoms with Crippen LogP contribution in [0.5, 0.6) is 0 Å². The lowest BCUT2D eigenvalue weighted by Crippen LogP contribution is -2.33. The first-order valence-corrected chi connectivity index (χ1v) is 9.34. The number of imidazole rings is 1. The number of halogens is 1. The van der Waals surface area contributed by atoms with Crippen molar-refractivity contribution in [3.63, 3.8) is 0 Å². The molecule has 10 heteroatoms. The monoisotopic (exact) mass is 409 g/mol. The van der Waals surface area contributed by atoms with Gasteiger partial charge >= 0.3 is 0 Å². The molecule has 0 saturated heterocycles. The summed E-state index contributed by atoms with van der Waals surface area (Å²) in [6.07, 6.45) is 5.37. The molecular weight excluding hydrogens is 389 g/mol. The second-order valence-electron chi connectivity index (χ2n) is 6.65. The Hall–Kier alpha value is -3.82. The van der Waals surface area contributed by atoms with E-state index < -0.39 is 12.2 Å². The SMILES string of the molecule is CCN(C(=O)c1cnc(C2=NOC(c3cccnc3F)N2C)n1C)c1cccnc1. The zero-order valence-corrected chi connectivity index (χ0v) is 16.7. The number of hydrogen-bond donors (Lipinski definition) is 0. The van der Waals surface area contributed by atoms with Crippen LogP contribution in [0.15, 0.2) is 54.2 Å². The Bertz CT molecular complexity index is 1100. The molecule has 154 valence electrons. The van der Waals surface area contributed by atoms with E-state index in [0.29, 0.717) is 29.6 Å². The van der Waals surface area contributed by atoms with Crippen LogP contribution in [0.3, 0.4) is 0 Å². The standard InChI is InChI=1S/C20H20FN7O2/c1-4-28(13-7-5-9-22-11-13)19(29)15-12-24-17(26(15)2)18-25-30-20(27(18)3)14-8-6-10-23-16(14)21/h5-12,20H,4H2,1-3H3. The molecule has 4 rings (SSSR count). The third kappa shape index (κ3) is 3.25. The molecule has 0 bridgehead atoms. The Balaban J connectivity index is 1.61. The molecule has 1 unspecified atom stereocenters. The Kier molecular flexibility index (Phi) is 5.13. The molecule has 0 spiro atoms. The number of amidine groups is 1. The zero-order valence-electron chi connectivity index (χ0n) is 16.7. The van der Waals surface area contributed by atoms with Gasteiger partial charge < -0.3 is 19.2 Å². The van der Waals surface area contributed by atoms with Crippen LogP contribution in [0.1, 0.15) is 35.0 Å². The van der Waals surface area contributed by atoms with Gasteiger partial charge in [0.25, 0.3) is 5.91 Å². The van der Waals surface area contributed by atoms with Gasteiger partial charge in [-0.25, -0.2) is 9.97 Å². The second kappa shape index (κ2) is 7.90. The number of oxime groups is 1. The summed E-state index contributed by atoms with van der Waals surface area (Å²) in [7, 11) is 3.44. The first-order chi connectivity index (χ1) is 14.5. The number of hydrogen-bond acceptors (Lipinski definition) is 7. The molecule has 1 aliphatic rings. The van der Waals surface area contributed by atoms with Crippen LogP contribution in [0.4, 0.5) is 10.1 Å². The fourth-order valence-electron chi connectivity index (χ4n) is 3.30. The van der Waals surface area contributed by atoms with E-state index >= 15 is 0 Å². The Morgan fingerprint density at radius 3 is 2.70 bits per heavy atom. The summed E-state index contributed by atoms with van der Waals surface area (Å²) in [6.45, 7) is 2.36. The predicted octanol–water partition coefficient (Wildman–Crippen LogP) is 2.34. The zero-order chi connectivity index (χ0) is 21.3. The van der Waals surface area contributed by atoms with E-state index in [9.17, 15) is 9.18 Å². The van der Waals surface area contributed by atoms with Crippen molar-refractivity contribution in [3.05, 3.63) is 72.1 Å². The van der Waals surface area contributed by atoms with Gasteiger partial charge in [0.15, 0.2) is 5.82 Å². The topological polar surface area (TPSA) is 88.7 Å². The highest BCUT2D eigenvalue weighted by atomic mass is 19.1. The maximum Gasteiger partial charge on any atom is 0.276 e. The maximum absolute atomic E-state index is 14.1. The number of pyridine rings is 2. The Labute approximate surface area is 172 Å². The van der Waals surface area contributed by atoms with Gasteiger partial charge in [-0.1, -0.05) is 5.16 Å². The van der Waals surface area contributed by atoms with Crippen molar-refractivity contribution in [1.29, 1.82) is 0 Å². The van der Waals surface area contributed by atoms with Crippen LogP contribution in [0.2, 0.25) is 0 Å². The number of carbonyl (C=O) groups is 1. The lowest BCUT2D eigenvalue weighted by Gasteiger charge is -2.21. The third-order valence-corrected chi connectivity index (χ3v) is 4.91. The van der Waals surface area contributed by atoms with E-state index in [1.165, 1.54) is 12.4 Å². The minimum Gasteiger partial charge on any atom is -0.363 e. The number of anilines is 1. The van der Waals surface area contributed by atoms with E-state index in [-0.39, 0.29) is 11.5 Å². The summed E-state index contributed by atoms with van der Waals surface area (Å²) >= 11 is 0. The summed E-state index contributed by atoms with van der Waals surface area (Å²) in [4.78, 5) is 33.9. The van der Waals surface area contributed by atoms with Gasteiger partial charge in [0.05, 0.1) is 23.6 Å². The van der Waals surface area contributed by atoms with Crippen LogP contribution in [0, 0.1) is 5.95 Å². The van der Waals surface area contributed by atoms with Crippen molar-refractivity contribution in [2.24, 2.45) is 12.2 Å². The Morgan fingerprint density at radius 1 is 1.20 bits per heavy atom. The smallest absolute Gasteiger partial charge is 0.276 e. The second-order valence-corrected chi connectivity index (χ2v) is 6.65. The molecular formula is C20H20FN7O2. The van der Waals surface area contributed by atoms with Gasteiger partial charge in [-0.15, -0.1) is 0 Å². The molecule has 1 aliphatic heterocycles. The molecule has 30 heavy (non-hydrogen) atoms. The highest BCUT2D eigenvalue weighted by Gasteiger charge is 2.34. The van der Waals surface area contributed by atoms with Crippen molar-refractivity contribution in [3.8, 4) is 0 Å². The molecule has 1 atom stereocenters. The van der Waals surface area contributed by atoms with Crippen LogP contribution < -0.4 is 4.90 Å². The lowest BCUT2D eigenvalue weighted by atomic mass is 10.2. The van der Waals surface area contributed by atoms with E-state index in [1.807, 2.05) is 13.0 Å². The number of carbonyl (C=O) groups excluding carboxylic acids is 1. The van der Waals surface area contributed by atoms with Crippen LogP contribution >= 0.6 is 0 Å². The number of aromatic nitrogens is 4. The summed E-state index contributed by atoms with van der Waals surface area (Å²) in [5.74, 6) is -0.0375. The number of amides is 1. The van der Waals surface area contributed by atoms with Gasteiger partial charge in [0.2, 0.25) is 18.0 Å². The highest BCUT2D eigenvalue weighted by Crippen LogP contribution is 2.29. The van der Waals surface area contributed by atoms with Gasteiger partial charge in [-0.2, -0.15) is 4.39 Å². The molecule has 9 nitrogen and oxygen atoms in total. The van der Waals surface area contributed by atoms with Crippen molar-refractivity contribution in [2.75, 3.05) is 18.5 Å². The van der Waals surface area contributed by atoms with Crippen molar-refractivity contribution in [1.82, 2.24) is 24.4 Å². The molecule has 0 saturated carbocycles. The lowest BCUT2D eigenvalue weighted by molar-refractivity contribution is 0.0159. The average molecular weight is 409 g/mol. The maximum atomic E-state index is 14.1. The van der Waals surface area contributed by atoms with Crippen LogP contribution in [-0.2, 0) is 11.9 Å². The summed E-state index contributed by atoms with van der Waals surface area (Å²) in [5.41, 5.74) is 1.33. The van der Waals surface area contributed by atoms with Gasteiger partial charge in [0, 0.05) is 33.0 Å². The first kappa shape index (κ1) is 19.5. The molecule has 3 aromatic heterocycles. The van der Waals surface area contributed by atoms with Crippen molar-refractivity contribution in [2.45, 2.75) is 13.2 Å². The summed E-state index contributed by atoms with van der Waals surface area (Å²) in [5, 5.41) is 4.07. The predicted molar refractivity (Wildman–Crippen MR) is 107 cm³/mol. The van der Waals surface area contributed by atoms with Crippen molar-refractivity contribution >= 4 is 17.4 Å². The molecule has 4 heterocycles. The molecule has 3 aromatic rings.